The Balaban J connectivity index is 2.50. The molecule has 0 amide bonds. The number of rotatable bonds is 3. The lowest BCUT2D eigenvalue weighted by Crippen LogP contribution is -2.12. The number of carboxylic acid groups (broad SMARTS) is 1. The van der Waals surface area contributed by atoms with Gasteiger partial charge in [0, 0.05) is 24.1 Å². The van der Waals surface area contributed by atoms with Crippen LogP contribution in [0.2, 0.25) is 0 Å². The van der Waals surface area contributed by atoms with Gasteiger partial charge in [-0.25, -0.2) is 9.18 Å². The summed E-state index contributed by atoms with van der Waals surface area (Å²) in [7, 11) is 1.74. The van der Waals surface area contributed by atoms with E-state index in [1.807, 2.05) is 0 Å². The van der Waals surface area contributed by atoms with Gasteiger partial charge < -0.3 is 15.7 Å². The first-order valence-corrected chi connectivity index (χ1v) is 6.03. The molecule has 0 atom stereocenters. The van der Waals surface area contributed by atoms with Crippen LogP contribution in [-0.2, 0) is 0 Å². The maximum absolute atomic E-state index is 13.3. The van der Waals surface area contributed by atoms with Crippen molar-refractivity contribution in [3.05, 3.63) is 53.3 Å². The number of aryl methyl sites for hydroxylation is 1. The zero-order chi connectivity index (χ0) is 14.9. The molecular formula is C15H15FN2O2. The zero-order valence-corrected chi connectivity index (χ0v) is 11.2. The molecular weight excluding hydrogens is 259 g/mol. The fourth-order valence-corrected chi connectivity index (χ4v) is 1.98. The van der Waals surface area contributed by atoms with Crippen molar-refractivity contribution < 1.29 is 14.3 Å². The maximum Gasteiger partial charge on any atom is 0.337 e. The minimum absolute atomic E-state index is 0.0447. The number of aromatic carboxylic acids is 1. The molecule has 3 N–H and O–H groups in total. The first-order valence-electron chi connectivity index (χ1n) is 6.03. The Labute approximate surface area is 116 Å². The van der Waals surface area contributed by atoms with Crippen LogP contribution in [0.3, 0.4) is 0 Å². The Bertz CT molecular complexity index is 671. The largest absolute Gasteiger partial charge is 0.478 e. The lowest BCUT2D eigenvalue weighted by molar-refractivity contribution is 0.0698. The third kappa shape index (κ3) is 2.56. The molecule has 0 saturated carbocycles. The fraction of sp³-hybridized carbons (Fsp3) is 0.133. The molecule has 2 aromatic carbocycles. The Kier molecular flexibility index (Phi) is 3.61. The summed E-state index contributed by atoms with van der Waals surface area (Å²) in [6.45, 7) is 1.74. The molecule has 0 aliphatic rings. The van der Waals surface area contributed by atoms with E-state index in [-0.39, 0.29) is 17.1 Å². The molecule has 0 aliphatic heterocycles. The number of nitrogen functional groups attached to an aromatic ring is 1. The number of hydrogen-bond acceptors (Lipinski definition) is 3. The molecule has 5 heteroatoms. The van der Waals surface area contributed by atoms with Crippen LogP contribution in [0.15, 0.2) is 36.4 Å². The van der Waals surface area contributed by atoms with Crippen LogP contribution in [0, 0.1) is 12.7 Å². The lowest BCUT2D eigenvalue weighted by atomic mass is 10.1. The third-order valence-corrected chi connectivity index (χ3v) is 3.18. The van der Waals surface area contributed by atoms with Gasteiger partial charge in [-0.05, 0) is 42.8 Å². The molecule has 2 aromatic rings. The lowest BCUT2D eigenvalue weighted by Gasteiger charge is -2.21. The number of halogens is 1. The van der Waals surface area contributed by atoms with E-state index >= 15 is 0 Å². The molecule has 0 saturated heterocycles. The van der Waals surface area contributed by atoms with Crippen LogP contribution in [0.4, 0.5) is 21.5 Å². The molecule has 0 heterocycles. The molecule has 0 aromatic heterocycles. The van der Waals surface area contributed by atoms with Gasteiger partial charge in [0.05, 0.1) is 5.56 Å². The zero-order valence-electron chi connectivity index (χ0n) is 11.2. The van der Waals surface area contributed by atoms with Crippen LogP contribution in [-0.4, -0.2) is 18.1 Å². The van der Waals surface area contributed by atoms with Crippen molar-refractivity contribution >= 4 is 23.0 Å². The number of nitrogens with two attached hydrogens (primary N) is 1. The number of benzene rings is 2. The van der Waals surface area contributed by atoms with E-state index in [1.54, 1.807) is 37.1 Å². The van der Waals surface area contributed by atoms with Gasteiger partial charge in [0.15, 0.2) is 0 Å². The number of hydrogen-bond donors (Lipinski definition) is 2. The van der Waals surface area contributed by atoms with Crippen LogP contribution in [0.1, 0.15) is 15.9 Å². The van der Waals surface area contributed by atoms with Crippen molar-refractivity contribution in [2.24, 2.45) is 0 Å². The minimum Gasteiger partial charge on any atom is -0.478 e. The maximum atomic E-state index is 13.3. The molecule has 0 aliphatic carbocycles. The average Bonchev–Trinajstić information content (AvgIpc) is 2.40. The van der Waals surface area contributed by atoms with Gasteiger partial charge in [-0.2, -0.15) is 0 Å². The average molecular weight is 274 g/mol. The van der Waals surface area contributed by atoms with Crippen molar-refractivity contribution in [2.45, 2.75) is 6.92 Å². The first-order chi connectivity index (χ1) is 9.40. The summed E-state index contributed by atoms with van der Waals surface area (Å²) in [5.74, 6) is -1.43. The van der Waals surface area contributed by atoms with Crippen molar-refractivity contribution in [3.63, 3.8) is 0 Å². The predicted molar refractivity (Wildman–Crippen MR) is 77.0 cm³/mol. The van der Waals surface area contributed by atoms with Crippen LogP contribution in [0.25, 0.3) is 0 Å². The first kappa shape index (κ1) is 13.9. The van der Waals surface area contributed by atoms with Gasteiger partial charge in [-0.15, -0.1) is 0 Å². The summed E-state index contributed by atoms with van der Waals surface area (Å²) in [6.07, 6.45) is 0. The summed E-state index contributed by atoms with van der Waals surface area (Å²) in [6, 6.07) is 9.33. The molecule has 0 fully saturated rings. The van der Waals surface area contributed by atoms with Crippen molar-refractivity contribution in [1.82, 2.24) is 0 Å². The summed E-state index contributed by atoms with van der Waals surface area (Å²) in [4.78, 5) is 12.9. The second kappa shape index (κ2) is 5.21. The van der Waals surface area contributed by atoms with E-state index in [0.29, 0.717) is 16.9 Å². The second-order valence-corrected chi connectivity index (χ2v) is 4.57. The van der Waals surface area contributed by atoms with Gasteiger partial charge in [0.25, 0.3) is 0 Å². The normalized spacial score (nSPS) is 10.3. The smallest absolute Gasteiger partial charge is 0.337 e. The minimum atomic E-state index is -1.08. The highest BCUT2D eigenvalue weighted by molar-refractivity contribution is 5.96. The van der Waals surface area contributed by atoms with E-state index in [1.165, 1.54) is 18.2 Å². The molecule has 4 nitrogen and oxygen atoms in total. The van der Waals surface area contributed by atoms with E-state index in [2.05, 4.69) is 0 Å². The number of carboxylic acids is 1. The quantitative estimate of drug-likeness (QED) is 0.844. The summed E-state index contributed by atoms with van der Waals surface area (Å²) in [5.41, 5.74) is 7.98. The molecule has 0 radical (unpaired) electrons. The van der Waals surface area contributed by atoms with Gasteiger partial charge in [0.1, 0.15) is 5.82 Å². The van der Waals surface area contributed by atoms with Crippen molar-refractivity contribution in [1.29, 1.82) is 0 Å². The van der Waals surface area contributed by atoms with Gasteiger partial charge in [0.2, 0.25) is 0 Å². The Morgan fingerprint density at radius 3 is 2.55 bits per heavy atom. The van der Waals surface area contributed by atoms with Gasteiger partial charge in [-0.3, -0.25) is 0 Å². The van der Waals surface area contributed by atoms with E-state index < -0.39 is 5.97 Å². The second-order valence-electron chi connectivity index (χ2n) is 4.57. The monoisotopic (exact) mass is 274 g/mol. The topological polar surface area (TPSA) is 66.6 Å². The summed E-state index contributed by atoms with van der Waals surface area (Å²) < 4.78 is 13.3. The van der Waals surface area contributed by atoms with Crippen LogP contribution < -0.4 is 10.6 Å². The number of nitrogens with zero attached hydrogens (tertiary/aromatic N) is 1. The highest BCUT2D eigenvalue weighted by Gasteiger charge is 2.14. The van der Waals surface area contributed by atoms with Crippen LogP contribution in [0.5, 0.6) is 0 Å². The number of carbonyl (C=O) groups is 1. The third-order valence-electron chi connectivity index (χ3n) is 3.18. The van der Waals surface area contributed by atoms with E-state index in [4.69, 9.17) is 10.8 Å². The predicted octanol–water partition coefficient (Wildman–Crippen LogP) is 3.18. The highest BCUT2D eigenvalue weighted by atomic mass is 19.1. The van der Waals surface area contributed by atoms with E-state index in [0.717, 1.165) is 0 Å². The van der Waals surface area contributed by atoms with Gasteiger partial charge in [-0.1, -0.05) is 6.07 Å². The Morgan fingerprint density at radius 1 is 1.25 bits per heavy atom. The fourth-order valence-electron chi connectivity index (χ4n) is 1.98. The van der Waals surface area contributed by atoms with Crippen molar-refractivity contribution in [3.8, 4) is 0 Å². The highest BCUT2D eigenvalue weighted by Crippen LogP contribution is 2.29. The number of anilines is 3. The molecule has 0 bridgehead atoms. The Hall–Kier alpha value is -2.56. The van der Waals surface area contributed by atoms with Crippen molar-refractivity contribution in [2.75, 3.05) is 17.7 Å². The molecule has 20 heavy (non-hydrogen) atoms. The summed E-state index contributed by atoms with van der Waals surface area (Å²) in [5, 5.41) is 9.15. The van der Waals surface area contributed by atoms with E-state index in [9.17, 15) is 9.18 Å². The molecule has 2 rings (SSSR count). The Morgan fingerprint density at radius 2 is 1.95 bits per heavy atom. The molecule has 0 unspecified atom stereocenters. The molecule has 0 spiro atoms. The standard InChI is InChI=1S/C15H15FN2O2/c1-9-6-12(8-13(14(9)17)15(19)20)18(2)11-5-3-4-10(16)7-11/h3-8H,17H2,1-2H3,(H,19,20). The summed E-state index contributed by atoms with van der Waals surface area (Å²) >= 11 is 0. The molecule has 104 valence electrons. The SMILES string of the molecule is Cc1cc(N(C)c2cccc(F)c2)cc(C(=O)O)c1N. The van der Waals surface area contributed by atoms with Crippen LogP contribution >= 0.6 is 0 Å². The van der Waals surface area contributed by atoms with Gasteiger partial charge >= 0.3 is 5.97 Å².